The number of aryl methyl sites for hydroxylation is 2. The zero-order valence-corrected chi connectivity index (χ0v) is 34.8. The fourth-order valence-corrected chi connectivity index (χ4v) is 7.63. The van der Waals surface area contributed by atoms with E-state index in [9.17, 15) is 0 Å². The van der Waals surface area contributed by atoms with Gasteiger partial charge in [-0.05, 0) is 24.7 Å². The average Bonchev–Trinajstić information content (AvgIpc) is 3.55. The van der Waals surface area contributed by atoms with Crippen LogP contribution in [0.2, 0.25) is 0 Å². The van der Waals surface area contributed by atoms with Gasteiger partial charge >= 0.3 is 70.3 Å². The number of fused-ring (bicyclic) bond motifs is 3. The van der Waals surface area contributed by atoms with Gasteiger partial charge < -0.3 is 24.8 Å². The van der Waals surface area contributed by atoms with E-state index in [1.807, 2.05) is 6.07 Å². The predicted molar refractivity (Wildman–Crippen MR) is 196 cm³/mol. The monoisotopic (exact) mass is 744 g/mol. The van der Waals surface area contributed by atoms with Crippen LogP contribution >= 0.6 is 0 Å². The standard InChI is InChI=1S/C23H29.C13H19.C8H8.2ClH.Zr/c1-14-9-16-11-17-10-15(2)21(23(6,7)8)13-19(17)18(16)12-20(14)22(3,4)5;1-11-6-7-12(10-11)13(2)8-4-3-5-9-13;1-2-8-6-4-3-5-7-8;;;/h9-13H,1-8H3;7,10-11H,3-5,8-9H2,1-2H3;3-7H,1H3;2*1H;/q2*-1;;;;+2/p-2. The van der Waals surface area contributed by atoms with Crippen molar-refractivity contribution in [2.75, 3.05) is 0 Å². The number of halogens is 2. The van der Waals surface area contributed by atoms with Crippen molar-refractivity contribution in [2.45, 2.75) is 119 Å². The van der Waals surface area contributed by atoms with E-state index >= 15 is 0 Å². The van der Waals surface area contributed by atoms with Crippen molar-refractivity contribution in [2.24, 2.45) is 11.3 Å². The normalized spacial score (nSPS) is 17.0. The first kappa shape index (κ1) is 41.5. The number of hydrogen-bond acceptors (Lipinski definition) is 0. The Balaban J connectivity index is 0.000000270. The van der Waals surface area contributed by atoms with Crippen LogP contribution in [0.15, 0.2) is 78.4 Å². The third kappa shape index (κ3) is 10.4. The second-order valence-electron chi connectivity index (χ2n) is 16.0. The molecule has 4 aromatic rings. The number of benzene rings is 3. The summed E-state index contributed by atoms with van der Waals surface area (Å²) in [5, 5.41) is 5.55. The Morgan fingerprint density at radius 2 is 1.26 bits per heavy atom. The molecular formula is C44H56Cl2Zr-2. The summed E-state index contributed by atoms with van der Waals surface area (Å²) < 4.78 is 1.46. The number of allylic oxidation sites excluding steroid dienone is 4. The first-order valence-corrected chi connectivity index (χ1v) is 18.3. The third-order valence-corrected chi connectivity index (χ3v) is 10.5. The molecule has 0 saturated heterocycles. The number of rotatable bonds is 2. The molecule has 0 aliphatic heterocycles. The molecule has 0 spiro atoms. The Morgan fingerprint density at radius 1 is 0.787 bits per heavy atom. The van der Waals surface area contributed by atoms with E-state index in [0.717, 1.165) is 0 Å². The zero-order valence-electron chi connectivity index (χ0n) is 30.8. The third-order valence-electron chi connectivity index (χ3n) is 9.80. The van der Waals surface area contributed by atoms with Gasteiger partial charge in [-0.2, -0.15) is 11.6 Å². The van der Waals surface area contributed by atoms with Gasteiger partial charge in [0.25, 0.3) is 0 Å². The van der Waals surface area contributed by atoms with E-state index in [2.05, 4.69) is 149 Å². The molecule has 4 aromatic carbocycles. The Hall–Kier alpha value is -1.66. The van der Waals surface area contributed by atoms with Gasteiger partial charge in [0.05, 0.1) is 0 Å². The first-order valence-electron chi connectivity index (χ1n) is 17.1. The van der Waals surface area contributed by atoms with Gasteiger partial charge in [-0.1, -0.05) is 133 Å². The zero-order chi connectivity index (χ0) is 33.2. The topological polar surface area (TPSA) is 0 Å². The smallest absolute Gasteiger partial charge is 0.0142 e. The van der Waals surface area contributed by atoms with Gasteiger partial charge in [0.1, 0.15) is 0 Å². The van der Waals surface area contributed by atoms with Crippen molar-refractivity contribution in [3.63, 3.8) is 0 Å². The second-order valence-corrected chi connectivity index (χ2v) is 17.8. The SMILES string of the molecule is CC1[C-]=CC(C2(C)CCCCC2)=C1.C[C](=[Zr+2])c1ccccc1.Cc1cc2[cH-]c3cc(C)c(C(C)(C)C)cc3c2cc1C(C)(C)C.[Cl-].[Cl-]. The molecule has 3 heteroatoms. The first-order chi connectivity index (χ1) is 21.0. The molecule has 0 heterocycles. The summed E-state index contributed by atoms with van der Waals surface area (Å²) in [5.74, 6) is 0.550. The maximum absolute atomic E-state index is 3.37. The Bertz CT molecular complexity index is 1620. The van der Waals surface area contributed by atoms with Crippen LogP contribution in [-0.2, 0) is 35.1 Å². The van der Waals surface area contributed by atoms with Crippen LogP contribution in [0.5, 0.6) is 0 Å². The van der Waals surface area contributed by atoms with Gasteiger partial charge in [-0.3, -0.25) is 6.08 Å². The molecule has 0 N–H and O–H groups in total. The Morgan fingerprint density at radius 3 is 1.62 bits per heavy atom. The van der Waals surface area contributed by atoms with Crippen LogP contribution < -0.4 is 24.8 Å². The van der Waals surface area contributed by atoms with Crippen LogP contribution in [-0.4, -0.2) is 3.21 Å². The number of hydrogen-bond donors (Lipinski definition) is 0. The van der Waals surface area contributed by atoms with Crippen molar-refractivity contribution >= 4 is 24.8 Å². The minimum Gasteiger partial charge on any atom is -1.00 e. The Kier molecular flexibility index (Phi) is 14.9. The van der Waals surface area contributed by atoms with Crippen LogP contribution in [0, 0.1) is 31.3 Å². The molecule has 0 nitrogen and oxygen atoms in total. The molecule has 2 aliphatic carbocycles. The van der Waals surface area contributed by atoms with E-state index in [1.54, 1.807) is 5.57 Å². The van der Waals surface area contributed by atoms with E-state index in [0.29, 0.717) is 11.3 Å². The van der Waals surface area contributed by atoms with Crippen molar-refractivity contribution in [3.8, 4) is 0 Å². The maximum atomic E-state index is 3.37. The molecule has 6 rings (SSSR count). The average molecular weight is 747 g/mol. The van der Waals surface area contributed by atoms with Crippen molar-refractivity contribution < 1.29 is 49.0 Å². The van der Waals surface area contributed by atoms with E-state index in [1.165, 1.54) is 109 Å². The summed E-state index contributed by atoms with van der Waals surface area (Å²) in [5.41, 5.74) is 9.47. The van der Waals surface area contributed by atoms with Gasteiger partial charge in [-0.15, -0.1) is 39.7 Å². The summed E-state index contributed by atoms with van der Waals surface area (Å²) in [6.45, 7) is 25.1. The van der Waals surface area contributed by atoms with Crippen molar-refractivity contribution in [1.82, 2.24) is 0 Å². The molecule has 0 bridgehead atoms. The van der Waals surface area contributed by atoms with Crippen LogP contribution in [0.1, 0.15) is 122 Å². The summed E-state index contributed by atoms with van der Waals surface area (Å²) >= 11 is 1.51. The molecule has 47 heavy (non-hydrogen) atoms. The summed E-state index contributed by atoms with van der Waals surface area (Å²) in [4.78, 5) is 0. The molecule has 0 amide bonds. The second kappa shape index (κ2) is 16.8. The molecule has 252 valence electrons. The van der Waals surface area contributed by atoms with Crippen molar-refractivity contribution in [3.05, 3.63) is 112 Å². The molecule has 0 radical (unpaired) electrons. The van der Waals surface area contributed by atoms with Gasteiger partial charge in [0.15, 0.2) is 0 Å². The molecule has 1 unspecified atom stereocenters. The molecule has 0 aromatic heterocycles. The fraction of sp³-hybridized carbons (Fsp3) is 0.455. The fourth-order valence-electron chi connectivity index (χ4n) is 7.22. The van der Waals surface area contributed by atoms with E-state index in [4.69, 9.17) is 0 Å². The quantitative estimate of drug-likeness (QED) is 0.203. The maximum Gasteiger partial charge on any atom is -0.0142 e. The molecular weight excluding hydrogens is 691 g/mol. The summed E-state index contributed by atoms with van der Waals surface area (Å²) in [7, 11) is 0. The predicted octanol–water partition coefficient (Wildman–Crippen LogP) is 6.60. The summed E-state index contributed by atoms with van der Waals surface area (Å²) in [6, 6.07) is 22.4. The van der Waals surface area contributed by atoms with Crippen LogP contribution in [0.4, 0.5) is 0 Å². The molecule has 1 atom stereocenters. The van der Waals surface area contributed by atoms with Gasteiger partial charge in [0, 0.05) is 0 Å². The largest absolute Gasteiger partial charge is 1.00 e. The van der Waals surface area contributed by atoms with E-state index in [-0.39, 0.29) is 35.6 Å². The molecule has 2 aliphatic rings. The molecule has 1 fully saturated rings. The van der Waals surface area contributed by atoms with Gasteiger partial charge in [-0.25, -0.2) is 6.08 Å². The van der Waals surface area contributed by atoms with Crippen LogP contribution in [0.25, 0.3) is 21.5 Å². The minimum atomic E-state index is 0. The van der Waals surface area contributed by atoms with Crippen molar-refractivity contribution in [1.29, 1.82) is 0 Å². The molecule has 1 saturated carbocycles. The van der Waals surface area contributed by atoms with Gasteiger partial charge in [0.2, 0.25) is 0 Å². The Labute approximate surface area is 314 Å². The van der Waals surface area contributed by atoms with E-state index < -0.39 is 0 Å². The summed E-state index contributed by atoms with van der Waals surface area (Å²) in [6.07, 6.45) is 15.0. The van der Waals surface area contributed by atoms with Crippen LogP contribution in [0.3, 0.4) is 0 Å². The minimum absolute atomic E-state index is 0.